The molecule has 1 aliphatic carbocycles. The summed E-state index contributed by atoms with van der Waals surface area (Å²) in [6.07, 6.45) is 4.91. The van der Waals surface area contributed by atoms with Crippen LogP contribution in [-0.4, -0.2) is 28.2 Å². The molecule has 0 radical (unpaired) electrons. The topological polar surface area (TPSA) is 78.8 Å². The van der Waals surface area contributed by atoms with E-state index in [1.807, 2.05) is 0 Å². The second kappa shape index (κ2) is 3.87. The number of aliphatic hydroxyl groups excluding tert-OH is 1. The highest BCUT2D eigenvalue weighted by molar-refractivity contribution is 5.93. The smallest absolute Gasteiger partial charge is 0.102 e. The van der Waals surface area contributed by atoms with E-state index in [1.165, 1.54) is 6.42 Å². The molecule has 1 rings (SSSR count). The molecule has 4 nitrogen and oxygen atoms in total. The predicted molar refractivity (Wildman–Crippen MR) is 46.3 cm³/mol. The number of aliphatic hydroxyl groups is 1. The van der Waals surface area contributed by atoms with Gasteiger partial charge in [-0.25, -0.2) is 0 Å². The molecule has 0 amide bonds. The average molecular weight is 172 g/mol. The molecule has 4 N–H and O–H groups in total. The number of hydrogen-bond donors (Lipinski definition) is 3. The second-order valence-electron chi connectivity index (χ2n) is 3.42. The molecule has 0 aliphatic heterocycles. The molecule has 0 spiro atoms. The first-order chi connectivity index (χ1) is 5.73. The first-order valence-electron chi connectivity index (χ1n) is 4.34. The highest BCUT2D eigenvalue weighted by Crippen LogP contribution is 2.26. The third-order valence-corrected chi connectivity index (χ3v) is 2.59. The lowest BCUT2D eigenvalue weighted by molar-refractivity contribution is 0.276. The molecule has 0 saturated heterocycles. The molecule has 0 aromatic heterocycles. The predicted octanol–water partition coefficient (Wildman–Crippen LogP) is 0.470. The molecule has 0 aromatic carbocycles. The van der Waals surface area contributed by atoms with Crippen LogP contribution in [0.15, 0.2) is 5.16 Å². The van der Waals surface area contributed by atoms with Gasteiger partial charge in [-0.3, -0.25) is 0 Å². The Labute approximate surface area is 72.1 Å². The summed E-state index contributed by atoms with van der Waals surface area (Å²) in [7, 11) is 0. The van der Waals surface area contributed by atoms with Gasteiger partial charge in [0.05, 0.1) is 12.1 Å². The lowest BCUT2D eigenvalue weighted by Crippen LogP contribution is -2.50. The van der Waals surface area contributed by atoms with E-state index in [1.54, 1.807) is 0 Å². The zero-order valence-corrected chi connectivity index (χ0v) is 7.16. The SMILES string of the molecule is NC1(/C(CO)=N\O)CCCCC1. The number of rotatable bonds is 2. The first kappa shape index (κ1) is 9.48. The molecule has 0 unspecified atom stereocenters. The van der Waals surface area contributed by atoms with Crippen molar-refractivity contribution < 1.29 is 10.3 Å². The summed E-state index contributed by atoms with van der Waals surface area (Å²) in [5.41, 5.74) is 5.74. The summed E-state index contributed by atoms with van der Waals surface area (Å²) in [4.78, 5) is 0. The van der Waals surface area contributed by atoms with E-state index in [9.17, 15) is 0 Å². The van der Waals surface area contributed by atoms with Gasteiger partial charge in [0.2, 0.25) is 0 Å². The van der Waals surface area contributed by atoms with Gasteiger partial charge >= 0.3 is 0 Å². The standard InChI is InChI=1S/C8H16N2O2/c9-8(7(6-11)10-12)4-2-1-3-5-8/h11-12H,1-6,9H2/b10-7-. The lowest BCUT2D eigenvalue weighted by atomic mass is 9.79. The van der Waals surface area contributed by atoms with Gasteiger partial charge in [0, 0.05) is 0 Å². The van der Waals surface area contributed by atoms with Crippen molar-refractivity contribution >= 4 is 5.71 Å². The van der Waals surface area contributed by atoms with Crippen LogP contribution in [0.4, 0.5) is 0 Å². The largest absolute Gasteiger partial charge is 0.411 e. The van der Waals surface area contributed by atoms with Crippen molar-refractivity contribution in [3.8, 4) is 0 Å². The van der Waals surface area contributed by atoms with E-state index >= 15 is 0 Å². The van der Waals surface area contributed by atoms with Crippen LogP contribution in [0.2, 0.25) is 0 Å². The molecule has 0 bridgehead atoms. The second-order valence-corrected chi connectivity index (χ2v) is 3.42. The number of nitrogens with zero attached hydrogens (tertiary/aromatic N) is 1. The average Bonchev–Trinajstić information content (AvgIpc) is 2.07. The van der Waals surface area contributed by atoms with Gasteiger partial charge in [-0.1, -0.05) is 24.4 Å². The molecule has 0 atom stereocenters. The van der Waals surface area contributed by atoms with Crippen molar-refractivity contribution in [3.05, 3.63) is 0 Å². The maximum Gasteiger partial charge on any atom is 0.102 e. The van der Waals surface area contributed by atoms with Gasteiger partial charge in [-0.2, -0.15) is 0 Å². The van der Waals surface area contributed by atoms with Gasteiger partial charge < -0.3 is 16.0 Å². The van der Waals surface area contributed by atoms with E-state index in [0.717, 1.165) is 25.7 Å². The highest BCUT2D eigenvalue weighted by Gasteiger charge is 2.32. The summed E-state index contributed by atoms with van der Waals surface area (Å²) in [5, 5.41) is 20.5. The monoisotopic (exact) mass is 172 g/mol. The van der Waals surface area contributed by atoms with Crippen LogP contribution in [0.25, 0.3) is 0 Å². The van der Waals surface area contributed by atoms with Crippen LogP contribution in [0.5, 0.6) is 0 Å². The van der Waals surface area contributed by atoms with Gasteiger partial charge in [-0.05, 0) is 12.8 Å². The van der Waals surface area contributed by atoms with Crippen LogP contribution in [0.1, 0.15) is 32.1 Å². The Bertz CT molecular complexity index is 174. The molecular formula is C8H16N2O2. The Kier molecular flexibility index (Phi) is 3.05. The Morgan fingerprint density at radius 1 is 1.33 bits per heavy atom. The number of hydrogen-bond acceptors (Lipinski definition) is 4. The van der Waals surface area contributed by atoms with E-state index < -0.39 is 5.54 Å². The summed E-state index contributed by atoms with van der Waals surface area (Å²) in [6, 6.07) is 0. The minimum atomic E-state index is -0.554. The number of oxime groups is 1. The fourth-order valence-corrected chi connectivity index (χ4v) is 1.76. The Hall–Kier alpha value is -0.610. The zero-order chi connectivity index (χ0) is 9.03. The lowest BCUT2D eigenvalue weighted by Gasteiger charge is -2.32. The highest BCUT2D eigenvalue weighted by atomic mass is 16.4. The van der Waals surface area contributed by atoms with Crippen molar-refractivity contribution in [3.63, 3.8) is 0 Å². The van der Waals surface area contributed by atoms with Gasteiger partial charge in [0.15, 0.2) is 0 Å². The van der Waals surface area contributed by atoms with E-state index in [4.69, 9.17) is 16.0 Å². The normalized spacial score (nSPS) is 24.0. The molecule has 1 aliphatic rings. The fourth-order valence-electron chi connectivity index (χ4n) is 1.76. The van der Waals surface area contributed by atoms with E-state index in [0.29, 0.717) is 5.71 Å². The first-order valence-corrected chi connectivity index (χ1v) is 4.34. The molecule has 0 heterocycles. The summed E-state index contributed by atoms with van der Waals surface area (Å²) in [6.45, 7) is -0.243. The molecule has 12 heavy (non-hydrogen) atoms. The zero-order valence-electron chi connectivity index (χ0n) is 7.16. The minimum Gasteiger partial charge on any atom is -0.411 e. The van der Waals surface area contributed by atoms with Crippen LogP contribution in [0.3, 0.4) is 0 Å². The molecule has 70 valence electrons. The van der Waals surface area contributed by atoms with Crippen LogP contribution in [-0.2, 0) is 0 Å². The molecule has 1 saturated carbocycles. The van der Waals surface area contributed by atoms with E-state index in [-0.39, 0.29) is 6.61 Å². The minimum absolute atomic E-state index is 0.243. The van der Waals surface area contributed by atoms with Gasteiger partial charge in [0.25, 0.3) is 0 Å². The molecular weight excluding hydrogens is 156 g/mol. The third-order valence-electron chi connectivity index (χ3n) is 2.59. The molecule has 1 fully saturated rings. The van der Waals surface area contributed by atoms with Crippen molar-refractivity contribution in [2.45, 2.75) is 37.6 Å². The summed E-state index contributed by atoms with van der Waals surface area (Å²) >= 11 is 0. The van der Waals surface area contributed by atoms with Crippen LogP contribution < -0.4 is 5.73 Å². The quantitative estimate of drug-likeness (QED) is 0.322. The van der Waals surface area contributed by atoms with Crippen molar-refractivity contribution in [2.75, 3.05) is 6.61 Å². The molecule has 0 aromatic rings. The number of nitrogens with two attached hydrogens (primary N) is 1. The van der Waals surface area contributed by atoms with Crippen molar-refractivity contribution in [1.29, 1.82) is 0 Å². The maximum atomic E-state index is 8.87. The van der Waals surface area contributed by atoms with Crippen LogP contribution in [0, 0.1) is 0 Å². The maximum absolute atomic E-state index is 8.87. The van der Waals surface area contributed by atoms with Crippen molar-refractivity contribution in [1.82, 2.24) is 0 Å². The van der Waals surface area contributed by atoms with Gasteiger partial charge in [-0.15, -0.1) is 0 Å². The third kappa shape index (κ3) is 1.76. The Morgan fingerprint density at radius 2 is 1.92 bits per heavy atom. The van der Waals surface area contributed by atoms with Crippen LogP contribution >= 0.6 is 0 Å². The Morgan fingerprint density at radius 3 is 2.33 bits per heavy atom. The van der Waals surface area contributed by atoms with Gasteiger partial charge in [0.1, 0.15) is 5.71 Å². The molecule has 4 heteroatoms. The fraction of sp³-hybridized carbons (Fsp3) is 0.875. The van der Waals surface area contributed by atoms with Crippen molar-refractivity contribution in [2.24, 2.45) is 10.9 Å². The summed E-state index contributed by atoms with van der Waals surface area (Å²) < 4.78 is 0. The van der Waals surface area contributed by atoms with E-state index in [2.05, 4.69) is 5.16 Å². The summed E-state index contributed by atoms with van der Waals surface area (Å²) in [5.74, 6) is 0. The Balaban J connectivity index is 2.67.